The quantitative estimate of drug-likeness (QED) is 0.793. The molecule has 2 unspecified atom stereocenters. The second-order valence-corrected chi connectivity index (χ2v) is 7.43. The number of rotatable bonds is 4. The van der Waals surface area contributed by atoms with Crippen molar-refractivity contribution < 1.29 is 9.90 Å². The van der Waals surface area contributed by atoms with Gasteiger partial charge in [-0.1, -0.05) is 62.4 Å². The van der Waals surface area contributed by atoms with Crippen LogP contribution in [0.2, 0.25) is 0 Å². The number of β-lactam (4-membered cyclic amide) rings is 1. The maximum absolute atomic E-state index is 13.0. The summed E-state index contributed by atoms with van der Waals surface area (Å²) >= 11 is 0. The van der Waals surface area contributed by atoms with Crippen LogP contribution in [0.4, 0.5) is 5.69 Å². The molecule has 1 amide bonds. The van der Waals surface area contributed by atoms with E-state index in [1.165, 1.54) is 32.1 Å². The summed E-state index contributed by atoms with van der Waals surface area (Å²) in [6.45, 7) is 0. The van der Waals surface area contributed by atoms with E-state index in [0.29, 0.717) is 5.92 Å². The molecule has 1 N–H and O–H groups in total. The third kappa shape index (κ3) is 3.15. The number of benzene rings is 2. The van der Waals surface area contributed by atoms with Gasteiger partial charge < -0.3 is 10.0 Å². The third-order valence-corrected chi connectivity index (χ3v) is 5.79. The number of aromatic hydroxyl groups is 1. The number of carbonyl (C=O) groups excluding carboxylic acids is 1. The fourth-order valence-electron chi connectivity index (χ4n) is 4.49. The minimum absolute atomic E-state index is 0.0628. The lowest BCUT2D eigenvalue weighted by Gasteiger charge is -2.49. The molecule has 2 fully saturated rings. The van der Waals surface area contributed by atoms with Crippen LogP contribution in [-0.2, 0) is 4.79 Å². The standard InChI is InChI=1S/C22H25NO2/c24-19-13-11-17(12-14-19)21-20(15-16-7-3-1-4-8-16)22(25)23(21)18-9-5-2-6-10-18/h2,5-6,9-14,16,20-21,24H,1,3-4,7-8,15H2. The van der Waals surface area contributed by atoms with Gasteiger partial charge in [0.05, 0.1) is 12.0 Å². The zero-order chi connectivity index (χ0) is 17.2. The Morgan fingerprint density at radius 2 is 1.60 bits per heavy atom. The van der Waals surface area contributed by atoms with E-state index in [1.807, 2.05) is 47.4 Å². The maximum atomic E-state index is 13.0. The number of phenols is 1. The van der Waals surface area contributed by atoms with Crippen molar-refractivity contribution in [2.75, 3.05) is 4.90 Å². The van der Waals surface area contributed by atoms with Gasteiger partial charge in [0.1, 0.15) is 5.75 Å². The van der Waals surface area contributed by atoms with Gasteiger partial charge in [-0.25, -0.2) is 0 Å². The average Bonchev–Trinajstić information content (AvgIpc) is 2.66. The summed E-state index contributed by atoms with van der Waals surface area (Å²) in [7, 11) is 0. The molecule has 0 radical (unpaired) electrons. The van der Waals surface area contributed by atoms with Crippen molar-refractivity contribution in [1.82, 2.24) is 0 Å². The first-order valence-electron chi connectivity index (χ1n) is 9.41. The molecule has 1 saturated carbocycles. The van der Waals surface area contributed by atoms with Crippen molar-refractivity contribution in [3.05, 3.63) is 60.2 Å². The number of phenolic OH excluding ortho intramolecular Hbond substituents is 1. The zero-order valence-electron chi connectivity index (χ0n) is 14.5. The molecule has 3 nitrogen and oxygen atoms in total. The number of para-hydroxylation sites is 1. The first kappa shape index (κ1) is 16.2. The Morgan fingerprint density at radius 3 is 2.28 bits per heavy atom. The fraction of sp³-hybridized carbons (Fsp3) is 0.409. The molecule has 1 aliphatic carbocycles. The second kappa shape index (κ2) is 6.91. The highest BCUT2D eigenvalue weighted by Crippen LogP contribution is 2.47. The largest absolute Gasteiger partial charge is 0.508 e. The summed E-state index contributed by atoms with van der Waals surface area (Å²) in [5.41, 5.74) is 2.08. The van der Waals surface area contributed by atoms with Crippen molar-refractivity contribution in [3.63, 3.8) is 0 Å². The summed E-state index contributed by atoms with van der Waals surface area (Å²) in [6.07, 6.45) is 7.46. The van der Waals surface area contributed by atoms with Crippen LogP contribution in [0.3, 0.4) is 0 Å². The SMILES string of the molecule is O=C1C(CC2CCCCC2)C(c2ccc(O)cc2)N1c1ccccc1. The summed E-state index contributed by atoms with van der Waals surface area (Å²) in [4.78, 5) is 14.9. The van der Waals surface area contributed by atoms with Crippen LogP contribution in [-0.4, -0.2) is 11.0 Å². The first-order chi connectivity index (χ1) is 12.2. The molecule has 0 aromatic heterocycles. The van der Waals surface area contributed by atoms with Crippen molar-refractivity contribution in [1.29, 1.82) is 0 Å². The maximum Gasteiger partial charge on any atom is 0.233 e. The van der Waals surface area contributed by atoms with Crippen LogP contribution in [0.5, 0.6) is 5.75 Å². The minimum atomic E-state index is 0.0628. The smallest absolute Gasteiger partial charge is 0.233 e. The molecule has 1 heterocycles. The van der Waals surface area contributed by atoms with Gasteiger partial charge in [-0.3, -0.25) is 4.79 Å². The molecular formula is C22H25NO2. The van der Waals surface area contributed by atoms with Gasteiger partial charge in [-0.05, 0) is 42.2 Å². The van der Waals surface area contributed by atoms with Crippen LogP contribution < -0.4 is 4.90 Å². The van der Waals surface area contributed by atoms with Gasteiger partial charge in [-0.2, -0.15) is 0 Å². The van der Waals surface area contributed by atoms with Gasteiger partial charge in [0.25, 0.3) is 0 Å². The van der Waals surface area contributed by atoms with Crippen LogP contribution in [0.1, 0.15) is 50.1 Å². The molecule has 25 heavy (non-hydrogen) atoms. The van der Waals surface area contributed by atoms with E-state index in [2.05, 4.69) is 0 Å². The van der Waals surface area contributed by atoms with E-state index in [9.17, 15) is 9.90 Å². The molecule has 4 rings (SSSR count). The van der Waals surface area contributed by atoms with Gasteiger partial charge in [0.15, 0.2) is 0 Å². The summed E-state index contributed by atoms with van der Waals surface area (Å²) in [5.74, 6) is 1.26. The summed E-state index contributed by atoms with van der Waals surface area (Å²) in [5, 5.41) is 9.61. The molecular weight excluding hydrogens is 310 g/mol. The Hall–Kier alpha value is -2.29. The predicted molar refractivity (Wildman–Crippen MR) is 99.5 cm³/mol. The average molecular weight is 335 g/mol. The zero-order valence-corrected chi connectivity index (χ0v) is 14.5. The molecule has 3 heteroatoms. The summed E-state index contributed by atoms with van der Waals surface area (Å²) in [6, 6.07) is 17.4. The highest BCUT2D eigenvalue weighted by atomic mass is 16.3. The monoisotopic (exact) mass is 335 g/mol. The Bertz CT molecular complexity index is 719. The van der Waals surface area contributed by atoms with Crippen LogP contribution in [0.15, 0.2) is 54.6 Å². The van der Waals surface area contributed by atoms with Gasteiger partial charge in [0.2, 0.25) is 5.91 Å². The molecule has 0 bridgehead atoms. The van der Waals surface area contributed by atoms with E-state index in [0.717, 1.165) is 17.7 Å². The Morgan fingerprint density at radius 1 is 0.920 bits per heavy atom. The molecule has 2 aromatic carbocycles. The van der Waals surface area contributed by atoms with Crippen molar-refractivity contribution in [2.24, 2.45) is 11.8 Å². The van der Waals surface area contributed by atoms with E-state index in [4.69, 9.17) is 0 Å². The molecule has 130 valence electrons. The third-order valence-electron chi connectivity index (χ3n) is 5.79. The molecule has 1 aliphatic heterocycles. The van der Waals surface area contributed by atoms with Crippen molar-refractivity contribution >= 4 is 11.6 Å². The number of carbonyl (C=O) groups is 1. The molecule has 2 aromatic rings. The van der Waals surface area contributed by atoms with E-state index < -0.39 is 0 Å². The number of hydrogen-bond donors (Lipinski definition) is 1. The lowest BCUT2D eigenvalue weighted by atomic mass is 9.73. The molecule has 2 atom stereocenters. The Labute approximate surface area is 149 Å². The normalized spacial score (nSPS) is 24.2. The van der Waals surface area contributed by atoms with Crippen LogP contribution >= 0.6 is 0 Å². The van der Waals surface area contributed by atoms with Gasteiger partial charge >= 0.3 is 0 Å². The molecule has 1 saturated heterocycles. The minimum Gasteiger partial charge on any atom is -0.508 e. The number of amides is 1. The second-order valence-electron chi connectivity index (χ2n) is 7.43. The van der Waals surface area contributed by atoms with Crippen molar-refractivity contribution in [2.45, 2.75) is 44.6 Å². The van der Waals surface area contributed by atoms with E-state index in [1.54, 1.807) is 12.1 Å². The first-order valence-corrected chi connectivity index (χ1v) is 9.41. The highest BCUT2D eigenvalue weighted by molar-refractivity contribution is 6.03. The molecule has 0 spiro atoms. The fourth-order valence-corrected chi connectivity index (χ4v) is 4.49. The molecule has 2 aliphatic rings. The van der Waals surface area contributed by atoms with E-state index in [-0.39, 0.29) is 23.6 Å². The van der Waals surface area contributed by atoms with Gasteiger partial charge in [-0.15, -0.1) is 0 Å². The van der Waals surface area contributed by atoms with E-state index >= 15 is 0 Å². The van der Waals surface area contributed by atoms with Crippen molar-refractivity contribution in [3.8, 4) is 5.75 Å². The number of hydrogen-bond acceptors (Lipinski definition) is 2. The topological polar surface area (TPSA) is 40.5 Å². The highest BCUT2D eigenvalue weighted by Gasteiger charge is 2.49. The summed E-state index contributed by atoms with van der Waals surface area (Å²) < 4.78 is 0. The van der Waals surface area contributed by atoms with Gasteiger partial charge in [0, 0.05) is 5.69 Å². The van der Waals surface area contributed by atoms with Crippen LogP contribution in [0, 0.1) is 11.8 Å². The predicted octanol–water partition coefficient (Wildman–Crippen LogP) is 5.07. The Kier molecular flexibility index (Phi) is 4.48. The Balaban J connectivity index is 1.61. The number of nitrogens with zero attached hydrogens (tertiary/aromatic N) is 1. The van der Waals surface area contributed by atoms with Crippen LogP contribution in [0.25, 0.3) is 0 Å². The lowest BCUT2D eigenvalue weighted by molar-refractivity contribution is -0.131. The lowest BCUT2D eigenvalue weighted by Crippen LogP contribution is -2.55. The number of anilines is 1.